The molecule has 1 unspecified atom stereocenters. The van der Waals surface area contributed by atoms with Crippen molar-refractivity contribution in [3.63, 3.8) is 0 Å². The first-order valence-electron chi connectivity index (χ1n) is 9.48. The molecular weight excluding hydrogens is 368 g/mol. The highest BCUT2D eigenvalue weighted by Gasteiger charge is 2.27. The highest BCUT2D eigenvalue weighted by molar-refractivity contribution is 7.99. The number of ether oxygens (including phenoxy) is 1. The van der Waals surface area contributed by atoms with E-state index in [0.717, 1.165) is 43.3 Å². The Bertz CT molecular complexity index is 650. The molecule has 26 heavy (non-hydrogen) atoms. The molecule has 2 aliphatic heterocycles. The van der Waals surface area contributed by atoms with Gasteiger partial charge in [-0.1, -0.05) is 12.1 Å². The van der Waals surface area contributed by atoms with Gasteiger partial charge in [-0.25, -0.2) is 13.1 Å². The van der Waals surface area contributed by atoms with E-state index < -0.39 is 10.0 Å². The van der Waals surface area contributed by atoms with E-state index in [4.69, 9.17) is 4.74 Å². The van der Waals surface area contributed by atoms with Crippen molar-refractivity contribution in [2.24, 2.45) is 5.92 Å². The number of hydrogen-bond acceptors (Lipinski definition) is 5. The summed E-state index contributed by atoms with van der Waals surface area (Å²) >= 11 is 2.06. The van der Waals surface area contributed by atoms with Gasteiger partial charge in [0, 0.05) is 18.3 Å². The second kappa shape index (κ2) is 9.44. The van der Waals surface area contributed by atoms with Gasteiger partial charge >= 0.3 is 0 Å². The third-order valence-corrected chi connectivity index (χ3v) is 7.97. The Balaban J connectivity index is 1.37. The first-order chi connectivity index (χ1) is 12.6. The second-order valence-corrected chi connectivity index (χ2v) is 10.3. The van der Waals surface area contributed by atoms with Crippen LogP contribution >= 0.6 is 11.8 Å². The molecule has 2 saturated heterocycles. The fourth-order valence-electron chi connectivity index (χ4n) is 3.69. The molecule has 1 N–H and O–H groups in total. The van der Waals surface area contributed by atoms with Gasteiger partial charge in [0.1, 0.15) is 5.75 Å². The topological polar surface area (TPSA) is 58.6 Å². The van der Waals surface area contributed by atoms with E-state index in [2.05, 4.69) is 21.4 Å². The maximum Gasteiger partial charge on any atom is 0.211 e. The van der Waals surface area contributed by atoms with Gasteiger partial charge < -0.3 is 4.74 Å². The lowest BCUT2D eigenvalue weighted by molar-refractivity contribution is 0.145. The van der Waals surface area contributed by atoms with Crippen LogP contribution in [-0.4, -0.2) is 63.4 Å². The number of sulfonamides is 1. The Morgan fingerprint density at radius 2 is 1.92 bits per heavy atom. The lowest BCUT2D eigenvalue weighted by Gasteiger charge is -2.35. The average molecular weight is 399 g/mol. The summed E-state index contributed by atoms with van der Waals surface area (Å²) in [6.07, 6.45) is 4.04. The van der Waals surface area contributed by atoms with Gasteiger partial charge in [-0.15, -0.1) is 0 Å². The van der Waals surface area contributed by atoms with E-state index in [1.54, 1.807) is 7.11 Å². The van der Waals surface area contributed by atoms with E-state index in [1.807, 2.05) is 24.3 Å². The number of hydrogen-bond donors (Lipinski definition) is 1. The number of piperidine rings is 1. The van der Waals surface area contributed by atoms with Crippen molar-refractivity contribution in [2.45, 2.75) is 31.7 Å². The summed E-state index contributed by atoms with van der Waals surface area (Å²) in [5.74, 6) is 3.95. The molecule has 0 saturated carbocycles. The summed E-state index contributed by atoms with van der Waals surface area (Å²) in [4.78, 5) is 2.61. The van der Waals surface area contributed by atoms with E-state index in [1.165, 1.54) is 17.9 Å². The van der Waals surface area contributed by atoms with Crippen molar-refractivity contribution in [3.8, 4) is 5.75 Å². The predicted molar refractivity (Wildman–Crippen MR) is 109 cm³/mol. The number of thioether (sulfide) groups is 1. The molecule has 0 amide bonds. The highest BCUT2D eigenvalue weighted by atomic mass is 32.2. The highest BCUT2D eigenvalue weighted by Crippen LogP contribution is 2.26. The minimum absolute atomic E-state index is 0.136. The number of nitrogens with zero attached hydrogens (tertiary/aromatic N) is 1. The van der Waals surface area contributed by atoms with Crippen LogP contribution in [0.15, 0.2) is 24.3 Å². The van der Waals surface area contributed by atoms with Crippen molar-refractivity contribution in [3.05, 3.63) is 29.8 Å². The number of likely N-dealkylation sites (tertiary alicyclic amines) is 1. The largest absolute Gasteiger partial charge is 0.497 e. The van der Waals surface area contributed by atoms with Crippen molar-refractivity contribution < 1.29 is 13.2 Å². The zero-order valence-corrected chi connectivity index (χ0v) is 17.2. The molecule has 2 fully saturated rings. The van der Waals surface area contributed by atoms with Crippen LogP contribution in [0.25, 0.3) is 0 Å². The monoisotopic (exact) mass is 398 g/mol. The quantitative estimate of drug-likeness (QED) is 0.729. The van der Waals surface area contributed by atoms with Gasteiger partial charge in [-0.3, -0.25) is 4.90 Å². The summed E-state index contributed by atoms with van der Waals surface area (Å²) < 4.78 is 32.5. The standard InChI is InChI=1S/C19H30N2O3S2/c1-24-19-4-2-16(3-5-19)9-13-26(22,23)20-14-17-6-10-21(11-7-17)18-8-12-25-15-18/h2-5,17-18,20H,6-15H2,1H3. The van der Waals surface area contributed by atoms with E-state index in [9.17, 15) is 8.42 Å². The zero-order chi connectivity index (χ0) is 18.4. The Morgan fingerprint density at radius 1 is 1.19 bits per heavy atom. The molecule has 1 aromatic rings. The summed E-state index contributed by atoms with van der Waals surface area (Å²) in [5.41, 5.74) is 1.01. The minimum atomic E-state index is -3.22. The molecule has 0 aromatic heterocycles. The van der Waals surface area contributed by atoms with Crippen LogP contribution in [0.3, 0.4) is 0 Å². The van der Waals surface area contributed by atoms with Crippen molar-refractivity contribution >= 4 is 21.8 Å². The van der Waals surface area contributed by atoms with Crippen molar-refractivity contribution in [2.75, 3.05) is 44.0 Å². The number of methoxy groups -OCH3 is 1. The van der Waals surface area contributed by atoms with Gasteiger partial charge in [0.2, 0.25) is 10.0 Å². The van der Waals surface area contributed by atoms with Crippen LogP contribution in [0.4, 0.5) is 0 Å². The van der Waals surface area contributed by atoms with Gasteiger partial charge in [-0.2, -0.15) is 11.8 Å². The van der Waals surface area contributed by atoms with Gasteiger partial charge in [0.05, 0.1) is 12.9 Å². The molecule has 0 aliphatic carbocycles. The molecular formula is C19H30N2O3S2. The maximum absolute atomic E-state index is 12.3. The van der Waals surface area contributed by atoms with Crippen LogP contribution in [-0.2, 0) is 16.4 Å². The SMILES string of the molecule is COc1ccc(CCS(=O)(=O)NCC2CCN(C3CCSC3)CC2)cc1. The molecule has 7 heteroatoms. The van der Waals surface area contributed by atoms with Gasteiger partial charge in [0.15, 0.2) is 0 Å². The van der Waals surface area contributed by atoms with Crippen LogP contribution in [0.5, 0.6) is 5.75 Å². The van der Waals surface area contributed by atoms with Crippen LogP contribution in [0, 0.1) is 5.92 Å². The van der Waals surface area contributed by atoms with E-state index in [-0.39, 0.29) is 5.75 Å². The van der Waals surface area contributed by atoms with Gasteiger partial charge in [0.25, 0.3) is 0 Å². The number of nitrogens with one attached hydrogen (secondary N) is 1. The Morgan fingerprint density at radius 3 is 2.54 bits per heavy atom. The zero-order valence-electron chi connectivity index (χ0n) is 15.5. The van der Waals surface area contributed by atoms with Crippen molar-refractivity contribution in [1.82, 2.24) is 9.62 Å². The Hall–Kier alpha value is -0.760. The molecule has 2 aliphatic rings. The first kappa shape index (κ1) is 20.0. The fourth-order valence-corrected chi connectivity index (χ4v) is 6.09. The smallest absolute Gasteiger partial charge is 0.211 e. The normalized spacial score (nSPS) is 22.6. The van der Waals surface area contributed by atoms with Crippen LogP contribution < -0.4 is 9.46 Å². The molecule has 146 valence electrons. The molecule has 1 aromatic carbocycles. The number of rotatable bonds is 8. The van der Waals surface area contributed by atoms with Crippen LogP contribution in [0.1, 0.15) is 24.8 Å². The molecule has 0 bridgehead atoms. The average Bonchev–Trinajstić information content (AvgIpc) is 3.20. The molecule has 2 heterocycles. The molecule has 3 rings (SSSR count). The third kappa shape index (κ3) is 5.87. The number of benzene rings is 1. The lowest BCUT2D eigenvalue weighted by atomic mass is 9.96. The second-order valence-electron chi connectivity index (χ2n) is 7.26. The van der Waals surface area contributed by atoms with E-state index >= 15 is 0 Å². The lowest BCUT2D eigenvalue weighted by Crippen LogP contribution is -2.44. The van der Waals surface area contributed by atoms with Crippen LogP contribution in [0.2, 0.25) is 0 Å². The Kier molecular flexibility index (Phi) is 7.26. The molecule has 0 radical (unpaired) electrons. The summed E-state index contributed by atoms with van der Waals surface area (Å²) in [5, 5.41) is 0. The van der Waals surface area contributed by atoms with Crippen molar-refractivity contribution in [1.29, 1.82) is 0 Å². The van der Waals surface area contributed by atoms with Gasteiger partial charge in [-0.05, 0) is 68.1 Å². The number of aryl methyl sites for hydroxylation is 1. The molecule has 1 atom stereocenters. The molecule has 0 spiro atoms. The Labute approximate surface area is 161 Å². The van der Waals surface area contributed by atoms with E-state index in [0.29, 0.717) is 18.9 Å². The summed E-state index contributed by atoms with van der Waals surface area (Å²) in [6, 6.07) is 8.33. The third-order valence-electron chi connectivity index (χ3n) is 5.48. The summed E-state index contributed by atoms with van der Waals surface area (Å²) in [7, 11) is -1.60. The minimum Gasteiger partial charge on any atom is -0.497 e. The molecule has 5 nitrogen and oxygen atoms in total. The predicted octanol–water partition coefficient (Wildman–Crippen LogP) is 2.37. The first-order valence-corrected chi connectivity index (χ1v) is 12.3. The maximum atomic E-state index is 12.3. The summed E-state index contributed by atoms with van der Waals surface area (Å²) in [6.45, 7) is 2.81. The fraction of sp³-hybridized carbons (Fsp3) is 0.684.